The molecule has 0 fully saturated rings. The summed E-state index contributed by atoms with van der Waals surface area (Å²) in [5.41, 5.74) is 4.74. The Balaban J connectivity index is 2.50. The van der Waals surface area contributed by atoms with E-state index in [1.165, 1.54) is 0 Å². The van der Waals surface area contributed by atoms with Gasteiger partial charge in [0.05, 0.1) is 24.4 Å². The fourth-order valence-corrected chi connectivity index (χ4v) is 3.17. The van der Waals surface area contributed by atoms with Crippen molar-refractivity contribution in [3.05, 3.63) is 29.8 Å². The van der Waals surface area contributed by atoms with Gasteiger partial charge < -0.3 is 36.3 Å². The van der Waals surface area contributed by atoms with Crippen molar-refractivity contribution in [2.75, 3.05) is 18.5 Å². The summed E-state index contributed by atoms with van der Waals surface area (Å²) in [6.07, 6.45) is 0.198. The molecule has 1 atom stereocenters. The van der Waals surface area contributed by atoms with Crippen molar-refractivity contribution in [1.82, 2.24) is 10.6 Å². The van der Waals surface area contributed by atoms with Crippen LogP contribution in [0.1, 0.15) is 66.4 Å². The number of nitrogens with two attached hydrogens (primary N) is 1. The van der Waals surface area contributed by atoms with Gasteiger partial charge in [-0.3, -0.25) is 14.4 Å². The van der Waals surface area contributed by atoms with Gasteiger partial charge in [-0.1, -0.05) is 26.0 Å². The van der Waals surface area contributed by atoms with Gasteiger partial charge in [0.15, 0.2) is 0 Å². The summed E-state index contributed by atoms with van der Waals surface area (Å²) in [7, 11) is 0. The van der Waals surface area contributed by atoms with Gasteiger partial charge in [0.1, 0.15) is 12.6 Å². The molecular weight excluding hydrogens is 480 g/mol. The van der Waals surface area contributed by atoms with E-state index in [1.54, 1.807) is 52.0 Å². The highest BCUT2D eigenvalue weighted by atomic mass is 16.5. The molecule has 208 valence electrons. The molecule has 1 unspecified atom stereocenters. The third kappa shape index (κ3) is 14.2. The Bertz CT molecular complexity index is 908. The van der Waals surface area contributed by atoms with E-state index in [1.807, 2.05) is 13.8 Å². The number of aliphatic hydroxyl groups is 1. The van der Waals surface area contributed by atoms with Gasteiger partial charge in [-0.25, -0.2) is 4.79 Å². The molecule has 0 aliphatic carbocycles. The van der Waals surface area contributed by atoms with Gasteiger partial charge in [-0.15, -0.1) is 0 Å². The van der Waals surface area contributed by atoms with E-state index in [0.29, 0.717) is 30.7 Å². The lowest BCUT2D eigenvalue weighted by molar-refractivity contribution is -0.131. The molecule has 0 aliphatic rings. The highest BCUT2D eigenvalue weighted by Crippen LogP contribution is 2.19. The van der Waals surface area contributed by atoms with Gasteiger partial charge in [0.25, 0.3) is 0 Å². The molecule has 4 amide bonds. The lowest BCUT2D eigenvalue weighted by Crippen LogP contribution is -2.51. The highest BCUT2D eigenvalue weighted by Gasteiger charge is 2.26. The number of rotatable bonds is 15. The Morgan fingerprint density at radius 1 is 1.00 bits per heavy atom. The second-order valence-corrected chi connectivity index (χ2v) is 10.5. The molecule has 0 spiro atoms. The van der Waals surface area contributed by atoms with Crippen LogP contribution in [0.2, 0.25) is 0 Å². The summed E-state index contributed by atoms with van der Waals surface area (Å²) in [5, 5.41) is 17.8. The molecule has 0 aliphatic heterocycles. The van der Waals surface area contributed by atoms with Gasteiger partial charge in [0.2, 0.25) is 17.7 Å². The van der Waals surface area contributed by atoms with Crippen molar-refractivity contribution in [2.45, 2.75) is 84.7 Å². The van der Waals surface area contributed by atoms with E-state index >= 15 is 0 Å². The number of carbonyl (C=O) groups is 4. The number of anilines is 1. The zero-order chi connectivity index (χ0) is 28.2. The van der Waals surface area contributed by atoms with Gasteiger partial charge in [0, 0.05) is 12.1 Å². The molecule has 0 saturated heterocycles. The van der Waals surface area contributed by atoms with Crippen molar-refractivity contribution in [3.8, 4) is 0 Å². The maximum atomic E-state index is 12.7. The number of hydrogen-bond donors (Lipinski definition) is 5. The van der Waals surface area contributed by atoms with Crippen LogP contribution in [0.3, 0.4) is 0 Å². The van der Waals surface area contributed by atoms with Gasteiger partial charge in [-0.2, -0.15) is 0 Å². The van der Waals surface area contributed by atoms with Crippen molar-refractivity contribution < 1.29 is 33.8 Å². The number of hydrogen-bond acceptors (Lipinski definition) is 7. The summed E-state index contributed by atoms with van der Waals surface area (Å²) in [4.78, 5) is 48.1. The van der Waals surface area contributed by atoms with Crippen LogP contribution >= 0.6 is 0 Å². The summed E-state index contributed by atoms with van der Waals surface area (Å²) in [6.45, 7) is 10.9. The van der Waals surface area contributed by atoms with E-state index in [0.717, 1.165) is 0 Å². The van der Waals surface area contributed by atoms with Crippen LogP contribution in [0.25, 0.3) is 0 Å². The lowest BCUT2D eigenvalue weighted by Gasteiger charge is -2.28. The molecule has 37 heavy (non-hydrogen) atoms. The van der Waals surface area contributed by atoms with E-state index in [-0.39, 0.29) is 31.4 Å². The molecule has 1 rings (SSSR count). The smallest absolute Gasteiger partial charge is 0.404 e. The number of ether oxygens (including phenoxy) is 2. The molecule has 0 aromatic heterocycles. The maximum absolute atomic E-state index is 12.7. The van der Waals surface area contributed by atoms with Crippen LogP contribution in [0.4, 0.5) is 10.5 Å². The molecule has 1 aromatic rings. The summed E-state index contributed by atoms with van der Waals surface area (Å²) < 4.78 is 10.5. The van der Waals surface area contributed by atoms with Crippen molar-refractivity contribution >= 4 is 29.5 Å². The van der Waals surface area contributed by atoms with Gasteiger partial charge in [-0.05, 0) is 64.2 Å². The van der Waals surface area contributed by atoms with E-state index in [2.05, 4.69) is 16.0 Å². The first-order chi connectivity index (χ1) is 17.1. The summed E-state index contributed by atoms with van der Waals surface area (Å²) in [5.74, 6) is -1.39. The second-order valence-electron chi connectivity index (χ2n) is 10.5. The Hall–Kier alpha value is -3.18. The SMILES string of the molecule is CC(C)C(NC(=O)CCC(C)(C)OCCC(C)(C)O)C(=O)NCC(=O)Nc1ccc(COC(N)=O)cc1. The minimum Gasteiger partial charge on any atom is -0.445 e. The molecular formula is C26H42N4O7. The summed E-state index contributed by atoms with van der Waals surface area (Å²) >= 11 is 0. The average molecular weight is 523 g/mol. The zero-order valence-electron chi connectivity index (χ0n) is 22.7. The van der Waals surface area contributed by atoms with E-state index in [4.69, 9.17) is 15.2 Å². The first-order valence-corrected chi connectivity index (χ1v) is 12.3. The number of nitrogens with one attached hydrogen (secondary N) is 3. The van der Waals surface area contributed by atoms with E-state index in [9.17, 15) is 24.3 Å². The molecule has 6 N–H and O–H groups in total. The third-order valence-electron chi connectivity index (χ3n) is 5.47. The molecule has 0 radical (unpaired) electrons. The van der Waals surface area contributed by atoms with Crippen molar-refractivity contribution in [1.29, 1.82) is 0 Å². The van der Waals surface area contributed by atoms with Crippen LogP contribution < -0.4 is 21.7 Å². The van der Waals surface area contributed by atoms with Crippen LogP contribution in [0.15, 0.2) is 24.3 Å². The monoisotopic (exact) mass is 522 g/mol. The number of carbonyl (C=O) groups excluding carboxylic acids is 4. The minimum atomic E-state index is -0.875. The predicted octanol–water partition coefficient (Wildman–Crippen LogP) is 2.21. The van der Waals surface area contributed by atoms with Crippen molar-refractivity contribution in [3.63, 3.8) is 0 Å². The quantitative estimate of drug-likeness (QED) is 0.235. The standard InChI is InChI=1S/C26H42N4O7/c1-17(2)22(30-20(31)11-12-26(5,6)37-14-13-25(3,4)35)23(33)28-15-21(32)29-19-9-7-18(8-10-19)16-36-24(27)34/h7-10,17,22,35H,11-16H2,1-6H3,(H2,27,34)(H,28,33)(H,29,32)(H,30,31). The third-order valence-corrected chi connectivity index (χ3v) is 5.47. The fourth-order valence-electron chi connectivity index (χ4n) is 3.17. The number of primary amides is 1. The Labute approximate surface area is 218 Å². The lowest BCUT2D eigenvalue weighted by atomic mass is 10.00. The Morgan fingerprint density at radius 3 is 2.16 bits per heavy atom. The minimum absolute atomic E-state index is 0.0223. The van der Waals surface area contributed by atoms with Crippen LogP contribution in [0, 0.1) is 5.92 Å². The predicted molar refractivity (Wildman–Crippen MR) is 139 cm³/mol. The topological polar surface area (TPSA) is 169 Å². The molecule has 11 heteroatoms. The Kier molecular flexibility index (Phi) is 12.5. The van der Waals surface area contributed by atoms with Crippen LogP contribution in [0.5, 0.6) is 0 Å². The van der Waals surface area contributed by atoms with Crippen LogP contribution in [-0.2, 0) is 30.5 Å². The number of benzene rings is 1. The Morgan fingerprint density at radius 2 is 1.62 bits per heavy atom. The van der Waals surface area contributed by atoms with Crippen LogP contribution in [-0.4, -0.2) is 59.3 Å². The molecule has 0 saturated carbocycles. The molecule has 1 aromatic carbocycles. The fraction of sp³-hybridized carbons (Fsp3) is 0.615. The largest absolute Gasteiger partial charge is 0.445 e. The number of amides is 4. The van der Waals surface area contributed by atoms with Crippen molar-refractivity contribution in [2.24, 2.45) is 11.7 Å². The maximum Gasteiger partial charge on any atom is 0.404 e. The molecule has 11 nitrogen and oxygen atoms in total. The first-order valence-electron chi connectivity index (χ1n) is 12.3. The molecule has 0 heterocycles. The van der Waals surface area contributed by atoms with Gasteiger partial charge >= 0.3 is 6.09 Å². The molecule has 0 bridgehead atoms. The zero-order valence-corrected chi connectivity index (χ0v) is 22.7. The highest BCUT2D eigenvalue weighted by molar-refractivity contribution is 5.96. The van der Waals surface area contributed by atoms with E-state index < -0.39 is 35.2 Å². The first kappa shape index (κ1) is 31.8. The normalized spacial score (nSPS) is 12.5. The second kappa shape index (κ2) is 14.5. The average Bonchev–Trinajstić information content (AvgIpc) is 2.78. The summed E-state index contributed by atoms with van der Waals surface area (Å²) in [6, 6.07) is 5.80.